The Hall–Kier alpha value is -1.64. The summed E-state index contributed by atoms with van der Waals surface area (Å²) in [4.78, 5) is 2.53. The summed E-state index contributed by atoms with van der Waals surface area (Å²) >= 11 is 0. The highest BCUT2D eigenvalue weighted by molar-refractivity contribution is 5.67. The molecule has 2 heteroatoms. The van der Waals surface area contributed by atoms with Crippen LogP contribution in [0.4, 0.5) is 0 Å². The van der Waals surface area contributed by atoms with Gasteiger partial charge in [-0.3, -0.25) is 4.90 Å². The average molecular weight is 266 g/mol. The van der Waals surface area contributed by atoms with Gasteiger partial charge in [0.05, 0.1) is 0 Å². The Morgan fingerprint density at radius 1 is 0.900 bits per heavy atom. The van der Waals surface area contributed by atoms with E-state index in [-0.39, 0.29) is 0 Å². The quantitative estimate of drug-likeness (QED) is 0.919. The van der Waals surface area contributed by atoms with Crippen molar-refractivity contribution in [3.63, 3.8) is 0 Å². The zero-order valence-corrected chi connectivity index (χ0v) is 11.9. The lowest BCUT2D eigenvalue weighted by Crippen LogP contribution is -2.18. The van der Waals surface area contributed by atoms with Gasteiger partial charge in [-0.05, 0) is 48.2 Å². The standard InChI is InChI=1S/C18H22N2/c19-13-17-5-1-2-6-18(17)16-9-7-15(8-10-16)14-20-11-3-4-12-20/h1-2,5-10H,3-4,11-14,19H2. The van der Waals surface area contributed by atoms with Crippen LogP contribution in [0.25, 0.3) is 11.1 Å². The van der Waals surface area contributed by atoms with Crippen molar-refractivity contribution < 1.29 is 0 Å². The second-order valence-corrected chi connectivity index (χ2v) is 5.54. The average Bonchev–Trinajstić information content (AvgIpc) is 3.01. The maximum absolute atomic E-state index is 5.82. The zero-order chi connectivity index (χ0) is 13.8. The van der Waals surface area contributed by atoms with E-state index in [1.807, 2.05) is 6.07 Å². The summed E-state index contributed by atoms with van der Waals surface area (Å²) in [6.45, 7) is 4.17. The number of nitrogens with zero attached hydrogens (tertiary/aromatic N) is 1. The van der Waals surface area contributed by atoms with Gasteiger partial charge in [-0.1, -0.05) is 48.5 Å². The van der Waals surface area contributed by atoms with Gasteiger partial charge in [0.2, 0.25) is 0 Å². The van der Waals surface area contributed by atoms with E-state index in [9.17, 15) is 0 Å². The van der Waals surface area contributed by atoms with E-state index in [0.717, 1.165) is 6.54 Å². The summed E-state index contributed by atoms with van der Waals surface area (Å²) in [5.74, 6) is 0. The molecular formula is C18H22N2. The van der Waals surface area contributed by atoms with Crippen molar-refractivity contribution in [1.29, 1.82) is 0 Å². The molecule has 1 saturated heterocycles. The number of benzene rings is 2. The van der Waals surface area contributed by atoms with E-state index in [1.165, 1.54) is 48.2 Å². The SMILES string of the molecule is NCc1ccccc1-c1ccc(CN2CCCC2)cc1. The topological polar surface area (TPSA) is 29.3 Å². The highest BCUT2D eigenvalue weighted by Gasteiger charge is 2.11. The molecule has 0 unspecified atom stereocenters. The minimum atomic E-state index is 0.589. The maximum atomic E-state index is 5.82. The molecule has 2 N–H and O–H groups in total. The Morgan fingerprint density at radius 3 is 2.30 bits per heavy atom. The minimum Gasteiger partial charge on any atom is -0.326 e. The fourth-order valence-electron chi connectivity index (χ4n) is 2.97. The molecule has 1 aliphatic heterocycles. The van der Waals surface area contributed by atoms with Gasteiger partial charge in [-0.25, -0.2) is 0 Å². The van der Waals surface area contributed by atoms with Crippen LogP contribution in [0.15, 0.2) is 48.5 Å². The van der Waals surface area contributed by atoms with Crippen molar-refractivity contribution in [2.75, 3.05) is 13.1 Å². The molecule has 3 rings (SSSR count). The van der Waals surface area contributed by atoms with Gasteiger partial charge in [0, 0.05) is 13.1 Å². The van der Waals surface area contributed by atoms with Crippen LogP contribution in [0.1, 0.15) is 24.0 Å². The molecule has 2 aromatic carbocycles. The Kier molecular flexibility index (Phi) is 4.14. The Bertz CT molecular complexity index is 554. The van der Waals surface area contributed by atoms with Crippen LogP contribution in [0.5, 0.6) is 0 Å². The van der Waals surface area contributed by atoms with Crippen molar-refractivity contribution in [2.24, 2.45) is 5.73 Å². The molecule has 104 valence electrons. The highest BCUT2D eigenvalue weighted by atomic mass is 15.1. The van der Waals surface area contributed by atoms with Crippen LogP contribution in [0, 0.1) is 0 Å². The first-order valence-electron chi connectivity index (χ1n) is 7.46. The van der Waals surface area contributed by atoms with Crippen LogP contribution in [0.2, 0.25) is 0 Å². The molecule has 0 amide bonds. The predicted molar refractivity (Wildman–Crippen MR) is 84.3 cm³/mol. The van der Waals surface area contributed by atoms with Crippen LogP contribution in [-0.4, -0.2) is 18.0 Å². The smallest absolute Gasteiger partial charge is 0.0233 e. The summed E-state index contributed by atoms with van der Waals surface area (Å²) < 4.78 is 0. The van der Waals surface area contributed by atoms with Crippen molar-refractivity contribution >= 4 is 0 Å². The third-order valence-corrected chi connectivity index (χ3v) is 4.11. The van der Waals surface area contributed by atoms with E-state index >= 15 is 0 Å². The van der Waals surface area contributed by atoms with Gasteiger partial charge in [0.25, 0.3) is 0 Å². The summed E-state index contributed by atoms with van der Waals surface area (Å²) in [6, 6.07) is 17.3. The molecule has 0 aromatic heterocycles. The number of hydrogen-bond donors (Lipinski definition) is 1. The molecule has 0 bridgehead atoms. The summed E-state index contributed by atoms with van der Waals surface area (Å²) in [5, 5.41) is 0. The molecule has 0 spiro atoms. The number of likely N-dealkylation sites (tertiary alicyclic amines) is 1. The zero-order valence-electron chi connectivity index (χ0n) is 11.9. The first-order valence-corrected chi connectivity index (χ1v) is 7.46. The first-order chi connectivity index (χ1) is 9.86. The van der Waals surface area contributed by atoms with Gasteiger partial charge in [0.15, 0.2) is 0 Å². The molecule has 1 fully saturated rings. The largest absolute Gasteiger partial charge is 0.326 e. The van der Waals surface area contributed by atoms with E-state index in [2.05, 4.69) is 47.4 Å². The van der Waals surface area contributed by atoms with Gasteiger partial charge >= 0.3 is 0 Å². The molecular weight excluding hydrogens is 244 g/mol. The minimum absolute atomic E-state index is 0.589. The molecule has 1 aliphatic rings. The fourth-order valence-corrected chi connectivity index (χ4v) is 2.97. The third kappa shape index (κ3) is 2.92. The van der Waals surface area contributed by atoms with Crippen LogP contribution in [-0.2, 0) is 13.1 Å². The summed E-state index contributed by atoms with van der Waals surface area (Å²) in [6.07, 6.45) is 2.70. The molecule has 2 aromatic rings. The van der Waals surface area contributed by atoms with Crippen LogP contribution >= 0.6 is 0 Å². The van der Waals surface area contributed by atoms with Crippen molar-refractivity contribution in [3.8, 4) is 11.1 Å². The van der Waals surface area contributed by atoms with Gasteiger partial charge < -0.3 is 5.73 Å². The highest BCUT2D eigenvalue weighted by Crippen LogP contribution is 2.24. The summed E-state index contributed by atoms with van der Waals surface area (Å²) in [5.41, 5.74) is 10.9. The second-order valence-electron chi connectivity index (χ2n) is 5.54. The van der Waals surface area contributed by atoms with E-state index in [4.69, 9.17) is 5.73 Å². The van der Waals surface area contributed by atoms with Gasteiger partial charge in [-0.15, -0.1) is 0 Å². The lowest BCUT2D eigenvalue weighted by molar-refractivity contribution is 0.331. The molecule has 0 aliphatic carbocycles. The molecule has 0 atom stereocenters. The Morgan fingerprint density at radius 2 is 1.60 bits per heavy atom. The van der Waals surface area contributed by atoms with E-state index in [1.54, 1.807) is 0 Å². The second kappa shape index (κ2) is 6.21. The van der Waals surface area contributed by atoms with E-state index in [0.29, 0.717) is 6.54 Å². The Balaban J connectivity index is 1.78. The normalized spacial score (nSPS) is 15.7. The van der Waals surface area contributed by atoms with Gasteiger partial charge in [0.1, 0.15) is 0 Å². The molecule has 20 heavy (non-hydrogen) atoms. The monoisotopic (exact) mass is 266 g/mol. The summed E-state index contributed by atoms with van der Waals surface area (Å²) in [7, 11) is 0. The van der Waals surface area contributed by atoms with Crippen LogP contribution < -0.4 is 5.73 Å². The number of nitrogens with two attached hydrogens (primary N) is 1. The number of rotatable bonds is 4. The lowest BCUT2D eigenvalue weighted by atomic mass is 9.99. The van der Waals surface area contributed by atoms with E-state index < -0.39 is 0 Å². The lowest BCUT2D eigenvalue weighted by Gasteiger charge is -2.15. The van der Waals surface area contributed by atoms with Crippen molar-refractivity contribution in [2.45, 2.75) is 25.9 Å². The fraction of sp³-hybridized carbons (Fsp3) is 0.333. The first kappa shape index (κ1) is 13.3. The molecule has 0 saturated carbocycles. The Labute approximate surface area is 121 Å². The molecule has 2 nitrogen and oxygen atoms in total. The van der Waals surface area contributed by atoms with Crippen molar-refractivity contribution in [1.82, 2.24) is 4.90 Å². The molecule has 0 radical (unpaired) electrons. The van der Waals surface area contributed by atoms with Crippen LogP contribution in [0.3, 0.4) is 0 Å². The number of hydrogen-bond acceptors (Lipinski definition) is 2. The van der Waals surface area contributed by atoms with Crippen molar-refractivity contribution in [3.05, 3.63) is 59.7 Å². The predicted octanol–water partition coefficient (Wildman–Crippen LogP) is 3.41. The third-order valence-electron chi connectivity index (χ3n) is 4.11. The van der Waals surface area contributed by atoms with Gasteiger partial charge in [-0.2, -0.15) is 0 Å². The maximum Gasteiger partial charge on any atom is 0.0233 e. The molecule has 1 heterocycles.